The van der Waals surface area contributed by atoms with Gasteiger partial charge in [-0.25, -0.2) is 9.79 Å². The fraction of sp³-hybridized carbons (Fsp3) is 0.158. The molecule has 0 spiro atoms. The Balaban J connectivity index is 1.98. The molecule has 4 heterocycles. The van der Waals surface area contributed by atoms with E-state index in [1.165, 1.54) is 29.8 Å². The van der Waals surface area contributed by atoms with Crippen molar-refractivity contribution in [3.63, 3.8) is 0 Å². The van der Waals surface area contributed by atoms with E-state index in [1.807, 2.05) is 29.6 Å². The third kappa shape index (κ3) is 3.07. The van der Waals surface area contributed by atoms with E-state index < -0.39 is 12.0 Å². The summed E-state index contributed by atoms with van der Waals surface area (Å²) in [7, 11) is 1.33. The maximum Gasteiger partial charge on any atom is 0.338 e. The molecule has 0 aliphatic carbocycles. The summed E-state index contributed by atoms with van der Waals surface area (Å²) in [5.74, 6) is -0.476. The quantitative estimate of drug-likeness (QED) is 0.633. The van der Waals surface area contributed by atoms with E-state index in [0.717, 1.165) is 10.4 Å². The summed E-state index contributed by atoms with van der Waals surface area (Å²) in [5, 5.41) is 1.92. The van der Waals surface area contributed by atoms with Crippen LogP contribution in [-0.2, 0) is 9.53 Å². The van der Waals surface area contributed by atoms with Crippen LogP contribution in [0.4, 0.5) is 0 Å². The van der Waals surface area contributed by atoms with Gasteiger partial charge in [-0.1, -0.05) is 23.5 Å². The molecule has 0 saturated heterocycles. The van der Waals surface area contributed by atoms with E-state index in [2.05, 4.69) is 9.98 Å². The minimum Gasteiger partial charge on any atom is -0.466 e. The average Bonchev–Trinajstić information content (AvgIpc) is 3.30. The molecule has 6 nitrogen and oxygen atoms in total. The van der Waals surface area contributed by atoms with Crippen LogP contribution in [0, 0.1) is 0 Å². The van der Waals surface area contributed by atoms with Crippen LogP contribution in [0.3, 0.4) is 0 Å². The predicted octanol–water partition coefficient (Wildman–Crippen LogP) is 1.86. The number of thiazole rings is 1. The minimum atomic E-state index is -0.537. The molecule has 0 N–H and O–H groups in total. The summed E-state index contributed by atoms with van der Waals surface area (Å²) >= 11 is 2.79. The van der Waals surface area contributed by atoms with Gasteiger partial charge in [0.1, 0.15) is 6.04 Å². The van der Waals surface area contributed by atoms with Gasteiger partial charge >= 0.3 is 5.97 Å². The van der Waals surface area contributed by atoms with Gasteiger partial charge in [0.05, 0.1) is 22.9 Å². The number of nitrogens with zero attached hydrogens (tertiary/aromatic N) is 3. The first-order valence-electron chi connectivity index (χ1n) is 8.14. The van der Waals surface area contributed by atoms with Crippen LogP contribution in [-0.4, -0.2) is 22.6 Å². The van der Waals surface area contributed by atoms with Crippen molar-refractivity contribution in [2.75, 3.05) is 7.11 Å². The van der Waals surface area contributed by atoms with E-state index in [9.17, 15) is 9.59 Å². The smallest absolute Gasteiger partial charge is 0.338 e. The third-order valence-electron chi connectivity index (χ3n) is 4.22. The monoisotopic (exact) mass is 397 g/mol. The van der Waals surface area contributed by atoms with Crippen molar-refractivity contribution >= 4 is 34.7 Å². The number of esters is 1. The number of fused-ring (bicyclic) bond motifs is 1. The maximum absolute atomic E-state index is 13.2. The van der Waals surface area contributed by atoms with Gasteiger partial charge < -0.3 is 4.74 Å². The number of carbonyl (C=O) groups is 1. The number of thiophene rings is 1. The zero-order valence-corrected chi connectivity index (χ0v) is 16.2. The average molecular weight is 397 g/mol. The molecule has 0 radical (unpaired) electrons. The van der Waals surface area contributed by atoms with Crippen molar-refractivity contribution in [2.24, 2.45) is 4.99 Å². The molecule has 0 bridgehead atoms. The molecule has 0 unspecified atom stereocenters. The van der Waals surface area contributed by atoms with Gasteiger partial charge in [0.2, 0.25) is 0 Å². The lowest BCUT2D eigenvalue weighted by Gasteiger charge is -2.22. The molecule has 0 saturated carbocycles. The standard InChI is InChI=1S/C19H15N3O3S2/c1-11-15(18(24)25-2)16(13-6-4-8-26-13)22-17(23)14(27-19(22)21-11)9-12-5-3-7-20-10-12/h3-10,16H,1-2H3/b14-9-/t16-/m0/s1. The first-order valence-corrected chi connectivity index (χ1v) is 9.84. The molecule has 27 heavy (non-hydrogen) atoms. The van der Waals surface area contributed by atoms with Crippen molar-refractivity contribution < 1.29 is 9.53 Å². The highest BCUT2D eigenvalue weighted by molar-refractivity contribution is 7.10. The second-order valence-corrected chi connectivity index (χ2v) is 7.86. The Morgan fingerprint density at radius 1 is 1.33 bits per heavy atom. The maximum atomic E-state index is 13.2. The van der Waals surface area contributed by atoms with Gasteiger partial charge in [0, 0.05) is 17.3 Å². The summed E-state index contributed by atoms with van der Waals surface area (Å²) in [6.07, 6.45) is 5.17. The first-order chi connectivity index (χ1) is 13.1. The number of pyridine rings is 1. The molecule has 3 aromatic rings. The second kappa shape index (κ2) is 7.05. The Hall–Kier alpha value is -2.84. The summed E-state index contributed by atoms with van der Waals surface area (Å²) in [4.78, 5) is 35.7. The predicted molar refractivity (Wildman–Crippen MR) is 104 cm³/mol. The van der Waals surface area contributed by atoms with Crippen molar-refractivity contribution in [2.45, 2.75) is 13.0 Å². The lowest BCUT2D eigenvalue weighted by atomic mass is 10.0. The zero-order valence-electron chi connectivity index (χ0n) is 14.6. The molecule has 3 aromatic heterocycles. The highest BCUT2D eigenvalue weighted by Gasteiger charge is 2.33. The summed E-state index contributed by atoms with van der Waals surface area (Å²) in [6.45, 7) is 1.77. The van der Waals surface area contributed by atoms with Gasteiger partial charge in [0.25, 0.3) is 5.56 Å². The molecular weight excluding hydrogens is 382 g/mol. The Morgan fingerprint density at radius 3 is 2.85 bits per heavy atom. The van der Waals surface area contributed by atoms with Crippen LogP contribution in [0.5, 0.6) is 0 Å². The van der Waals surface area contributed by atoms with Crippen LogP contribution in [0.1, 0.15) is 23.4 Å². The minimum absolute atomic E-state index is 0.185. The SMILES string of the molecule is COC(=O)C1=C(C)N=c2s/c(=C\c3cccnc3)c(=O)n2[C@H]1c1cccs1. The number of rotatable bonds is 3. The first kappa shape index (κ1) is 17.6. The van der Waals surface area contributed by atoms with E-state index in [0.29, 0.717) is 20.6 Å². The Morgan fingerprint density at radius 2 is 2.19 bits per heavy atom. The molecule has 0 amide bonds. The molecule has 1 atom stereocenters. The van der Waals surface area contributed by atoms with Crippen molar-refractivity contribution in [3.8, 4) is 0 Å². The van der Waals surface area contributed by atoms with Crippen LogP contribution in [0.25, 0.3) is 6.08 Å². The number of hydrogen-bond acceptors (Lipinski definition) is 7. The molecular formula is C19H15N3O3S2. The molecule has 0 aromatic carbocycles. The number of carbonyl (C=O) groups excluding carboxylic acids is 1. The Kier molecular flexibility index (Phi) is 4.59. The number of methoxy groups -OCH3 is 1. The summed E-state index contributed by atoms with van der Waals surface area (Å²) in [6, 6.07) is 6.97. The van der Waals surface area contributed by atoms with Gasteiger partial charge in [-0.2, -0.15) is 0 Å². The molecule has 136 valence electrons. The summed E-state index contributed by atoms with van der Waals surface area (Å²) in [5.41, 5.74) is 1.60. The van der Waals surface area contributed by atoms with Gasteiger partial charge in [-0.05, 0) is 36.1 Å². The van der Waals surface area contributed by atoms with Crippen molar-refractivity contribution in [1.82, 2.24) is 9.55 Å². The van der Waals surface area contributed by atoms with Gasteiger partial charge in [0.15, 0.2) is 4.80 Å². The Labute approximate surface area is 162 Å². The molecule has 1 aliphatic rings. The lowest BCUT2D eigenvalue weighted by molar-refractivity contribution is -0.136. The third-order valence-corrected chi connectivity index (χ3v) is 6.13. The summed E-state index contributed by atoms with van der Waals surface area (Å²) < 4.78 is 7.09. The fourth-order valence-electron chi connectivity index (χ4n) is 3.02. The van der Waals surface area contributed by atoms with Crippen LogP contribution < -0.4 is 14.9 Å². The normalized spacial score (nSPS) is 16.8. The number of ether oxygens (including phenoxy) is 1. The largest absolute Gasteiger partial charge is 0.466 e. The van der Waals surface area contributed by atoms with Gasteiger partial charge in [-0.15, -0.1) is 11.3 Å². The topological polar surface area (TPSA) is 73.6 Å². The van der Waals surface area contributed by atoms with E-state index in [4.69, 9.17) is 4.74 Å². The van der Waals surface area contributed by atoms with Gasteiger partial charge in [-0.3, -0.25) is 14.3 Å². The van der Waals surface area contributed by atoms with Crippen LogP contribution >= 0.6 is 22.7 Å². The van der Waals surface area contributed by atoms with Crippen molar-refractivity contribution in [3.05, 3.63) is 83.4 Å². The fourth-order valence-corrected chi connectivity index (χ4v) is 4.89. The van der Waals surface area contributed by atoms with E-state index in [-0.39, 0.29) is 5.56 Å². The molecule has 4 rings (SSSR count). The van der Waals surface area contributed by atoms with E-state index >= 15 is 0 Å². The number of hydrogen-bond donors (Lipinski definition) is 0. The number of allylic oxidation sites excluding steroid dienone is 1. The molecule has 1 aliphatic heterocycles. The van der Waals surface area contributed by atoms with Crippen LogP contribution in [0.15, 0.2) is 63.1 Å². The Bertz CT molecular complexity index is 1210. The van der Waals surface area contributed by atoms with Crippen LogP contribution in [0.2, 0.25) is 0 Å². The zero-order chi connectivity index (χ0) is 19.0. The van der Waals surface area contributed by atoms with Crippen molar-refractivity contribution in [1.29, 1.82) is 0 Å². The molecule has 0 fully saturated rings. The van der Waals surface area contributed by atoms with E-state index in [1.54, 1.807) is 30.0 Å². The lowest BCUT2D eigenvalue weighted by Crippen LogP contribution is -2.39. The second-order valence-electron chi connectivity index (χ2n) is 5.88. The molecule has 8 heteroatoms. The highest BCUT2D eigenvalue weighted by Crippen LogP contribution is 2.32. The highest BCUT2D eigenvalue weighted by atomic mass is 32.1. The number of aromatic nitrogens is 2.